The van der Waals surface area contributed by atoms with Crippen LogP contribution < -0.4 is 5.32 Å². The fourth-order valence-electron chi connectivity index (χ4n) is 0.555. The molecule has 0 aliphatic rings. The molecule has 0 spiro atoms. The highest BCUT2D eigenvalue weighted by atomic mass is 15.1. The Kier molecular flexibility index (Phi) is 4.94. The molecule has 3 nitrogen and oxygen atoms in total. The van der Waals surface area contributed by atoms with Crippen molar-refractivity contribution in [3.05, 3.63) is 0 Å². The molecular formula is C7H17N3. The normalized spacial score (nSPS) is 10.0. The first-order valence-corrected chi connectivity index (χ1v) is 3.62. The molecule has 0 aromatic rings. The molecule has 0 atom stereocenters. The van der Waals surface area contributed by atoms with E-state index in [0.29, 0.717) is 5.84 Å². The lowest BCUT2D eigenvalue weighted by molar-refractivity contribution is 0.412. The van der Waals surface area contributed by atoms with Gasteiger partial charge in [-0.25, -0.2) is 0 Å². The summed E-state index contributed by atoms with van der Waals surface area (Å²) in [7, 11) is 4.05. The van der Waals surface area contributed by atoms with Crippen LogP contribution in [0.15, 0.2) is 0 Å². The monoisotopic (exact) mass is 143 g/mol. The standard InChI is InChI=1S/C7H17N3/c1-4-7(8)9-5-6-10(2)3/h4-6H2,1-3H3,(H2,8,9). The molecule has 0 aromatic heterocycles. The maximum Gasteiger partial charge on any atom is 0.0929 e. The molecule has 0 aromatic carbocycles. The molecule has 0 rings (SSSR count). The van der Waals surface area contributed by atoms with Crippen molar-refractivity contribution in [2.24, 2.45) is 0 Å². The summed E-state index contributed by atoms with van der Waals surface area (Å²) in [6.07, 6.45) is 0.799. The average molecular weight is 143 g/mol. The van der Waals surface area contributed by atoms with Gasteiger partial charge in [0.1, 0.15) is 0 Å². The second kappa shape index (κ2) is 5.23. The molecule has 3 heteroatoms. The van der Waals surface area contributed by atoms with Gasteiger partial charge in [-0.3, -0.25) is 5.41 Å². The Balaban J connectivity index is 3.12. The highest BCUT2D eigenvalue weighted by Crippen LogP contribution is 1.76. The van der Waals surface area contributed by atoms with E-state index in [4.69, 9.17) is 5.41 Å². The van der Waals surface area contributed by atoms with Crippen LogP contribution in [-0.4, -0.2) is 37.9 Å². The Morgan fingerprint density at radius 3 is 2.50 bits per heavy atom. The zero-order valence-corrected chi connectivity index (χ0v) is 7.07. The van der Waals surface area contributed by atoms with Crippen LogP contribution >= 0.6 is 0 Å². The molecule has 0 saturated heterocycles. The number of amidine groups is 1. The van der Waals surface area contributed by atoms with E-state index in [0.717, 1.165) is 19.5 Å². The Morgan fingerprint density at radius 2 is 2.10 bits per heavy atom. The molecule has 60 valence electrons. The van der Waals surface area contributed by atoms with Gasteiger partial charge in [0.25, 0.3) is 0 Å². The lowest BCUT2D eigenvalue weighted by Crippen LogP contribution is -2.30. The van der Waals surface area contributed by atoms with Crippen LogP contribution in [-0.2, 0) is 0 Å². The van der Waals surface area contributed by atoms with Crippen molar-refractivity contribution in [1.29, 1.82) is 5.41 Å². The van der Waals surface area contributed by atoms with E-state index in [1.807, 2.05) is 21.0 Å². The van der Waals surface area contributed by atoms with Crippen LogP contribution in [0.5, 0.6) is 0 Å². The van der Waals surface area contributed by atoms with Gasteiger partial charge >= 0.3 is 0 Å². The Hall–Kier alpha value is -0.570. The van der Waals surface area contributed by atoms with Crippen molar-refractivity contribution in [2.45, 2.75) is 13.3 Å². The molecular weight excluding hydrogens is 126 g/mol. The summed E-state index contributed by atoms with van der Waals surface area (Å²) in [5, 5.41) is 10.3. The van der Waals surface area contributed by atoms with E-state index < -0.39 is 0 Å². The van der Waals surface area contributed by atoms with Gasteiger partial charge in [-0.2, -0.15) is 0 Å². The van der Waals surface area contributed by atoms with Crippen molar-refractivity contribution in [2.75, 3.05) is 27.2 Å². The Morgan fingerprint density at radius 1 is 1.50 bits per heavy atom. The average Bonchev–Trinajstić information content (AvgIpc) is 1.87. The van der Waals surface area contributed by atoms with E-state index in [1.54, 1.807) is 0 Å². The molecule has 0 aliphatic carbocycles. The summed E-state index contributed by atoms with van der Waals surface area (Å²) < 4.78 is 0. The van der Waals surface area contributed by atoms with Crippen LogP contribution in [0.25, 0.3) is 0 Å². The minimum atomic E-state index is 0.627. The molecule has 0 saturated carbocycles. The topological polar surface area (TPSA) is 39.1 Å². The molecule has 0 bridgehead atoms. The van der Waals surface area contributed by atoms with E-state index in [1.165, 1.54) is 0 Å². The van der Waals surface area contributed by atoms with Crippen molar-refractivity contribution in [3.63, 3.8) is 0 Å². The predicted octanol–water partition coefficient (Wildman–Crippen LogP) is 0.525. The number of nitrogens with zero attached hydrogens (tertiary/aromatic N) is 1. The Labute approximate surface area is 62.9 Å². The second-order valence-corrected chi connectivity index (χ2v) is 2.56. The van der Waals surface area contributed by atoms with Gasteiger partial charge in [0, 0.05) is 19.5 Å². The number of likely N-dealkylation sites (N-methyl/N-ethyl adjacent to an activating group) is 1. The summed E-state index contributed by atoms with van der Waals surface area (Å²) in [6, 6.07) is 0. The van der Waals surface area contributed by atoms with E-state index in [-0.39, 0.29) is 0 Å². The van der Waals surface area contributed by atoms with Crippen LogP contribution in [0.4, 0.5) is 0 Å². The van der Waals surface area contributed by atoms with Crippen LogP contribution in [0.3, 0.4) is 0 Å². The maximum absolute atomic E-state index is 7.25. The van der Waals surface area contributed by atoms with Gasteiger partial charge in [-0.05, 0) is 14.1 Å². The summed E-state index contributed by atoms with van der Waals surface area (Å²) >= 11 is 0. The molecule has 0 heterocycles. The van der Waals surface area contributed by atoms with Crippen molar-refractivity contribution >= 4 is 5.84 Å². The van der Waals surface area contributed by atoms with Crippen LogP contribution in [0.1, 0.15) is 13.3 Å². The van der Waals surface area contributed by atoms with Gasteiger partial charge in [0.05, 0.1) is 5.84 Å². The summed E-state index contributed by atoms with van der Waals surface area (Å²) in [6.45, 7) is 3.84. The Bertz CT molecular complexity index is 99.0. The third kappa shape index (κ3) is 5.56. The van der Waals surface area contributed by atoms with Gasteiger partial charge in [-0.15, -0.1) is 0 Å². The first kappa shape index (κ1) is 9.43. The van der Waals surface area contributed by atoms with E-state index in [9.17, 15) is 0 Å². The number of rotatable bonds is 4. The quantitative estimate of drug-likeness (QED) is 0.445. The zero-order valence-electron chi connectivity index (χ0n) is 7.07. The largest absolute Gasteiger partial charge is 0.373 e. The SMILES string of the molecule is CCC(=N)NCCN(C)C. The molecule has 10 heavy (non-hydrogen) atoms. The lowest BCUT2D eigenvalue weighted by Gasteiger charge is -2.10. The second-order valence-electron chi connectivity index (χ2n) is 2.56. The molecule has 0 unspecified atom stereocenters. The molecule has 0 amide bonds. The first-order valence-electron chi connectivity index (χ1n) is 3.62. The highest BCUT2D eigenvalue weighted by Gasteiger charge is 1.91. The zero-order chi connectivity index (χ0) is 7.98. The predicted molar refractivity (Wildman–Crippen MR) is 44.6 cm³/mol. The van der Waals surface area contributed by atoms with E-state index in [2.05, 4.69) is 10.2 Å². The third-order valence-electron chi connectivity index (χ3n) is 1.25. The number of hydrogen-bond acceptors (Lipinski definition) is 2. The van der Waals surface area contributed by atoms with E-state index >= 15 is 0 Å². The minimum Gasteiger partial charge on any atom is -0.373 e. The van der Waals surface area contributed by atoms with Gasteiger partial charge in [0.2, 0.25) is 0 Å². The summed E-state index contributed by atoms with van der Waals surface area (Å²) in [4.78, 5) is 2.09. The number of hydrogen-bond donors (Lipinski definition) is 2. The fourth-order valence-corrected chi connectivity index (χ4v) is 0.555. The smallest absolute Gasteiger partial charge is 0.0929 e. The maximum atomic E-state index is 7.25. The van der Waals surface area contributed by atoms with Gasteiger partial charge < -0.3 is 10.2 Å². The highest BCUT2D eigenvalue weighted by molar-refractivity contribution is 5.78. The van der Waals surface area contributed by atoms with Crippen LogP contribution in [0.2, 0.25) is 0 Å². The van der Waals surface area contributed by atoms with Crippen molar-refractivity contribution in [1.82, 2.24) is 10.2 Å². The number of nitrogens with one attached hydrogen (secondary N) is 2. The van der Waals surface area contributed by atoms with Crippen LogP contribution in [0, 0.1) is 5.41 Å². The summed E-state index contributed by atoms with van der Waals surface area (Å²) in [5.74, 6) is 0.627. The molecule has 0 radical (unpaired) electrons. The minimum absolute atomic E-state index is 0.627. The molecule has 0 aliphatic heterocycles. The third-order valence-corrected chi connectivity index (χ3v) is 1.25. The summed E-state index contributed by atoms with van der Waals surface area (Å²) in [5.41, 5.74) is 0. The van der Waals surface area contributed by atoms with Crippen molar-refractivity contribution in [3.8, 4) is 0 Å². The molecule has 2 N–H and O–H groups in total. The first-order chi connectivity index (χ1) is 4.66. The van der Waals surface area contributed by atoms with Crippen molar-refractivity contribution < 1.29 is 0 Å². The fraction of sp³-hybridized carbons (Fsp3) is 0.857. The van der Waals surface area contributed by atoms with Gasteiger partial charge in [-0.1, -0.05) is 6.92 Å². The van der Waals surface area contributed by atoms with Gasteiger partial charge in [0.15, 0.2) is 0 Å². The molecule has 0 fully saturated rings. The lowest BCUT2D eigenvalue weighted by atomic mass is 10.4.